The van der Waals surface area contributed by atoms with Gasteiger partial charge in [-0.3, -0.25) is 14.4 Å². The minimum absolute atomic E-state index is 0.0435. The van der Waals surface area contributed by atoms with Gasteiger partial charge in [0.1, 0.15) is 29.5 Å². The highest BCUT2D eigenvalue weighted by atomic mass is 16.7. The van der Waals surface area contributed by atoms with Gasteiger partial charge in [-0.2, -0.15) is 0 Å². The number of aliphatic hydroxyl groups is 3. The Balaban J connectivity index is 1.68. The third kappa shape index (κ3) is 4.19. The molecule has 12 heteroatoms. The molecule has 0 saturated carbocycles. The van der Waals surface area contributed by atoms with E-state index in [4.69, 9.17) is 14.2 Å². The number of likely N-dealkylation sites (N-methyl/N-ethyl adjacent to an activating group) is 1. The summed E-state index contributed by atoms with van der Waals surface area (Å²) in [4.78, 5) is 39.9. The minimum Gasteiger partial charge on any atom is -0.507 e. The molecule has 1 heterocycles. The van der Waals surface area contributed by atoms with Gasteiger partial charge in [-0.25, -0.2) is 0 Å². The molecule has 40 heavy (non-hydrogen) atoms. The van der Waals surface area contributed by atoms with Crippen LogP contribution < -0.4 is 10.1 Å². The number of aromatic hydroxyl groups is 2. The molecule has 0 amide bonds. The van der Waals surface area contributed by atoms with Crippen LogP contribution in [0.1, 0.15) is 68.8 Å². The second-order valence-electron chi connectivity index (χ2n) is 10.4. The van der Waals surface area contributed by atoms with Gasteiger partial charge in [-0.05, 0) is 20.0 Å². The van der Waals surface area contributed by atoms with Crippen LogP contribution in [0.5, 0.6) is 17.2 Å². The molecule has 2 aromatic carbocycles. The summed E-state index contributed by atoms with van der Waals surface area (Å²) >= 11 is 0. The summed E-state index contributed by atoms with van der Waals surface area (Å²) in [6, 6.07) is 3.96. The van der Waals surface area contributed by atoms with Crippen molar-refractivity contribution in [3.8, 4) is 17.2 Å². The number of carbonyl (C=O) groups excluding carboxylic acids is 3. The van der Waals surface area contributed by atoms with Crippen molar-refractivity contribution in [2.45, 2.75) is 62.4 Å². The number of ketones is 3. The molecule has 0 bridgehead atoms. The Kier molecular flexibility index (Phi) is 7.19. The van der Waals surface area contributed by atoms with Crippen LogP contribution in [0.15, 0.2) is 18.2 Å². The minimum atomic E-state index is -2.23. The Morgan fingerprint density at radius 1 is 1.15 bits per heavy atom. The van der Waals surface area contributed by atoms with E-state index in [1.807, 2.05) is 0 Å². The average Bonchev–Trinajstić information content (AvgIpc) is 2.94. The van der Waals surface area contributed by atoms with Crippen molar-refractivity contribution in [3.05, 3.63) is 51.6 Å². The average molecular weight is 558 g/mol. The SMILES string of the molecule is CN[C@H]1CC(O[C@H]2C[C@](O)(C(=O)CO)Cc3c(O)c4c(c(O)c32)C(=O)c2c(OC)cccc2C4=O)O[C@@H](C)[C@H]1O. The molecule has 0 spiro atoms. The summed E-state index contributed by atoms with van der Waals surface area (Å²) in [6.07, 6.45) is -4.66. The van der Waals surface area contributed by atoms with Gasteiger partial charge in [0, 0.05) is 42.0 Å². The third-order valence-electron chi connectivity index (χ3n) is 8.13. The molecular formula is C28H31NO11. The van der Waals surface area contributed by atoms with Gasteiger partial charge in [-0.1, -0.05) is 12.1 Å². The number of phenols is 2. The van der Waals surface area contributed by atoms with Crippen LogP contribution in [-0.2, 0) is 20.7 Å². The van der Waals surface area contributed by atoms with E-state index in [9.17, 15) is 39.9 Å². The molecule has 2 aromatic rings. The van der Waals surface area contributed by atoms with E-state index in [0.717, 1.165) is 0 Å². The molecule has 6 N–H and O–H groups in total. The number of rotatable bonds is 6. The first kappa shape index (κ1) is 28.1. The zero-order valence-corrected chi connectivity index (χ0v) is 22.1. The lowest BCUT2D eigenvalue weighted by atomic mass is 9.72. The molecule has 1 saturated heterocycles. The summed E-state index contributed by atoms with van der Waals surface area (Å²) < 4.78 is 17.2. The number of ether oxygens (including phenoxy) is 3. The smallest absolute Gasteiger partial charge is 0.202 e. The first-order valence-electron chi connectivity index (χ1n) is 12.9. The fraction of sp³-hybridized carbons (Fsp3) is 0.464. The molecule has 1 unspecified atom stereocenters. The molecule has 3 aliphatic rings. The maximum atomic E-state index is 13.7. The highest BCUT2D eigenvalue weighted by Gasteiger charge is 2.50. The van der Waals surface area contributed by atoms with E-state index in [1.54, 1.807) is 14.0 Å². The number of hydrogen-bond acceptors (Lipinski definition) is 12. The van der Waals surface area contributed by atoms with E-state index in [1.165, 1.54) is 25.3 Å². The van der Waals surface area contributed by atoms with Crippen LogP contribution in [0.3, 0.4) is 0 Å². The number of phenolic OH excluding ortho intramolecular Hbond substituents is 2. The van der Waals surface area contributed by atoms with Gasteiger partial charge < -0.3 is 45.1 Å². The van der Waals surface area contributed by atoms with Gasteiger partial charge in [0.2, 0.25) is 5.78 Å². The first-order valence-corrected chi connectivity index (χ1v) is 12.9. The Bertz CT molecular complexity index is 1410. The lowest BCUT2D eigenvalue weighted by Crippen LogP contribution is -2.53. The van der Waals surface area contributed by atoms with Crippen molar-refractivity contribution in [2.75, 3.05) is 20.8 Å². The Morgan fingerprint density at radius 3 is 2.50 bits per heavy atom. The second-order valence-corrected chi connectivity index (χ2v) is 10.4. The quantitative estimate of drug-likeness (QED) is 0.227. The predicted octanol–water partition coefficient (Wildman–Crippen LogP) is 0.262. The summed E-state index contributed by atoms with van der Waals surface area (Å²) in [5.41, 5.74) is -3.52. The van der Waals surface area contributed by atoms with Crippen LogP contribution in [0.25, 0.3) is 0 Å². The number of hydrogen-bond donors (Lipinski definition) is 6. The number of benzene rings is 2. The van der Waals surface area contributed by atoms with Crippen LogP contribution in [0, 0.1) is 0 Å². The second kappa shape index (κ2) is 10.2. The van der Waals surface area contributed by atoms with Gasteiger partial charge >= 0.3 is 0 Å². The van der Waals surface area contributed by atoms with Crippen molar-refractivity contribution in [1.82, 2.24) is 5.32 Å². The van der Waals surface area contributed by atoms with Crippen molar-refractivity contribution < 1.29 is 54.1 Å². The van der Waals surface area contributed by atoms with Crippen molar-refractivity contribution in [2.24, 2.45) is 0 Å². The number of methoxy groups -OCH3 is 1. The van der Waals surface area contributed by atoms with Gasteiger partial charge in [0.15, 0.2) is 17.9 Å². The van der Waals surface area contributed by atoms with Gasteiger partial charge in [-0.15, -0.1) is 0 Å². The molecule has 0 aromatic heterocycles. The maximum absolute atomic E-state index is 13.7. The fourth-order valence-electron chi connectivity index (χ4n) is 6.00. The lowest BCUT2D eigenvalue weighted by molar-refractivity contribution is -0.249. The fourth-order valence-corrected chi connectivity index (χ4v) is 6.00. The van der Waals surface area contributed by atoms with Crippen molar-refractivity contribution in [3.63, 3.8) is 0 Å². The number of nitrogens with one attached hydrogen (secondary N) is 1. The molecule has 1 aliphatic heterocycles. The largest absolute Gasteiger partial charge is 0.507 e. The van der Waals surface area contributed by atoms with E-state index >= 15 is 0 Å². The van der Waals surface area contributed by atoms with Crippen LogP contribution in [0.4, 0.5) is 0 Å². The Hall–Kier alpha value is -3.39. The number of fused-ring (bicyclic) bond motifs is 3. The van der Waals surface area contributed by atoms with Crippen LogP contribution >= 0.6 is 0 Å². The van der Waals surface area contributed by atoms with Gasteiger partial charge in [0.25, 0.3) is 0 Å². The molecule has 2 aliphatic carbocycles. The molecule has 214 valence electrons. The third-order valence-corrected chi connectivity index (χ3v) is 8.13. The van der Waals surface area contributed by atoms with E-state index < -0.39 is 95.7 Å². The summed E-state index contributed by atoms with van der Waals surface area (Å²) in [5, 5.41) is 57.1. The Morgan fingerprint density at radius 2 is 1.85 bits per heavy atom. The molecule has 0 radical (unpaired) electrons. The molecule has 6 atom stereocenters. The summed E-state index contributed by atoms with van der Waals surface area (Å²) in [7, 11) is 2.99. The highest BCUT2D eigenvalue weighted by molar-refractivity contribution is 6.31. The molecule has 1 fully saturated rings. The predicted molar refractivity (Wildman–Crippen MR) is 137 cm³/mol. The van der Waals surface area contributed by atoms with Crippen molar-refractivity contribution >= 4 is 17.3 Å². The zero-order valence-electron chi connectivity index (χ0n) is 22.1. The normalized spacial score (nSPS) is 29.4. The number of aliphatic hydroxyl groups excluding tert-OH is 2. The lowest BCUT2D eigenvalue weighted by Gasteiger charge is -2.42. The van der Waals surface area contributed by atoms with Crippen LogP contribution in [0.2, 0.25) is 0 Å². The Labute approximate surface area is 229 Å². The van der Waals surface area contributed by atoms with E-state index in [-0.39, 0.29) is 34.4 Å². The highest BCUT2D eigenvalue weighted by Crippen LogP contribution is 2.52. The first-order chi connectivity index (χ1) is 19.0. The number of carbonyl (C=O) groups is 3. The zero-order chi connectivity index (χ0) is 29.1. The monoisotopic (exact) mass is 557 g/mol. The molecule has 5 rings (SSSR count). The van der Waals surface area contributed by atoms with E-state index in [0.29, 0.717) is 0 Å². The van der Waals surface area contributed by atoms with E-state index in [2.05, 4.69) is 5.32 Å². The van der Waals surface area contributed by atoms with Gasteiger partial charge in [0.05, 0.1) is 42.1 Å². The molecular weight excluding hydrogens is 526 g/mol. The standard InChI is InChI=1S/C28H31NO11/c1-11-23(32)14(29-2)7-18(39-11)40-16-9-28(37,17(31)10-30)8-13-20(16)27(36)22-21(25(13)34)24(33)12-5-4-6-15(38-3)19(12)26(22)35/h4-6,11,14,16,18,23,29-30,32,34,36-37H,7-10H2,1-3H3/t11-,14-,16-,18?,23+,28-/m0/s1. The number of Topliss-reactive ketones (excluding diaryl/α,β-unsaturated/α-hetero) is 1. The van der Waals surface area contributed by atoms with Crippen molar-refractivity contribution in [1.29, 1.82) is 0 Å². The molecule has 12 nitrogen and oxygen atoms in total. The topological polar surface area (TPSA) is 192 Å². The summed E-state index contributed by atoms with van der Waals surface area (Å²) in [5.74, 6) is -3.69. The maximum Gasteiger partial charge on any atom is 0.202 e. The summed E-state index contributed by atoms with van der Waals surface area (Å²) in [6.45, 7) is 0.631. The van der Waals surface area contributed by atoms with Crippen LogP contribution in [-0.4, -0.2) is 93.8 Å².